The highest BCUT2D eigenvalue weighted by atomic mass is 19.4. The Hall–Kier alpha value is -0.940. The molecule has 0 saturated heterocycles. The lowest BCUT2D eigenvalue weighted by molar-refractivity contribution is -0.148. The molecule has 0 unspecified atom stereocenters. The Labute approximate surface area is 86.2 Å². The first-order valence-corrected chi connectivity index (χ1v) is 5.01. The Morgan fingerprint density at radius 1 is 1.33 bits per heavy atom. The van der Waals surface area contributed by atoms with E-state index in [1.165, 1.54) is 0 Å². The minimum absolute atomic E-state index is 0.419. The molecule has 1 aliphatic rings. The van der Waals surface area contributed by atoms with E-state index < -0.39 is 30.6 Å². The van der Waals surface area contributed by atoms with E-state index in [0.717, 1.165) is 12.8 Å². The second-order valence-corrected chi connectivity index (χ2v) is 3.98. The van der Waals surface area contributed by atoms with Crippen molar-refractivity contribution in [2.45, 2.75) is 44.3 Å². The molecule has 0 bridgehead atoms. The van der Waals surface area contributed by atoms with Gasteiger partial charge in [-0.3, -0.25) is 0 Å². The van der Waals surface area contributed by atoms with Crippen molar-refractivity contribution in [3.05, 3.63) is 0 Å². The van der Waals surface area contributed by atoms with Crippen molar-refractivity contribution >= 4 is 6.03 Å². The molecule has 0 aromatic carbocycles. The predicted molar refractivity (Wildman–Crippen MR) is 49.1 cm³/mol. The Morgan fingerprint density at radius 2 is 1.93 bits per heavy atom. The van der Waals surface area contributed by atoms with Crippen LogP contribution in [-0.2, 0) is 0 Å². The second kappa shape index (κ2) is 4.72. The Balaban J connectivity index is 2.53. The molecule has 3 nitrogen and oxygen atoms in total. The van der Waals surface area contributed by atoms with Crippen LogP contribution in [0.5, 0.6) is 0 Å². The molecule has 2 atom stereocenters. The molecule has 15 heavy (non-hydrogen) atoms. The summed E-state index contributed by atoms with van der Waals surface area (Å²) < 4.78 is 36.6. The van der Waals surface area contributed by atoms with Gasteiger partial charge in [0.25, 0.3) is 0 Å². The van der Waals surface area contributed by atoms with Crippen LogP contribution < -0.4 is 11.1 Å². The minimum Gasteiger partial charge on any atom is -0.352 e. The number of alkyl halides is 3. The van der Waals surface area contributed by atoms with Crippen molar-refractivity contribution in [3.63, 3.8) is 0 Å². The number of hydrogen-bond donors (Lipinski definition) is 2. The molecule has 1 aliphatic carbocycles. The highest BCUT2D eigenvalue weighted by Crippen LogP contribution is 2.34. The highest BCUT2D eigenvalue weighted by molar-refractivity contribution is 5.72. The van der Waals surface area contributed by atoms with E-state index in [1.807, 2.05) is 0 Å². The Kier molecular flexibility index (Phi) is 3.82. The van der Waals surface area contributed by atoms with E-state index in [4.69, 9.17) is 5.73 Å². The molecule has 0 aromatic heterocycles. The largest absolute Gasteiger partial charge is 0.389 e. The number of carbonyl (C=O) groups is 1. The van der Waals surface area contributed by atoms with Crippen LogP contribution in [0.25, 0.3) is 0 Å². The molecule has 1 rings (SSSR count). The summed E-state index contributed by atoms with van der Waals surface area (Å²) in [7, 11) is 0. The lowest BCUT2D eigenvalue weighted by Crippen LogP contribution is -2.45. The number of urea groups is 1. The lowest BCUT2D eigenvalue weighted by Gasteiger charge is -2.32. The van der Waals surface area contributed by atoms with Gasteiger partial charge in [0.1, 0.15) is 0 Å². The average molecular weight is 224 g/mol. The smallest absolute Gasteiger partial charge is 0.352 e. The van der Waals surface area contributed by atoms with E-state index in [2.05, 4.69) is 5.32 Å². The molecule has 0 heterocycles. The molecular formula is C9H15F3N2O. The van der Waals surface area contributed by atoms with Crippen LogP contribution in [0, 0.1) is 5.92 Å². The van der Waals surface area contributed by atoms with Gasteiger partial charge in [0.05, 0.1) is 0 Å². The third kappa shape index (κ3) is 4.40. The van der Waals surface area contributed by atoms with Crippen molar-refractivity contribution in [1.29, 1.82) is 0 Å². The summed E-state index contributed by atoms with van der Waals surface area (Å²) in [5.74, 6) is -0.522. The van der Waals surface area contributed by atoms with Crippen molar-refractivity contribution < 1.29 is 18.0 Å². The fraction of sp³-hybridized carbons (Fsp3) is 0.889. The predicted octanol–water partition coefficient (Wildman–Crippen LogP) is 2.17. The van der Waals surface area contributed by atoms with Crippen molar-refractivity contribution in [2.75, 3.05) is 0 Å². The summed E-state index contributed by atoms with van der Waals surface area (Å²) in [6, 6.07) is -1.16. The number of halogens is 3. The zero-order valence-corrected chi connectivity index (χ0v) is 8.31. The fourth-order valence-electron chi connectivity index (χ4n) is 2.12. The van der Waals surface area contributed by atoms with Crippen LogP contribution in [0.15, 0.2) is 0 Å². The first-order chi connectivity index (χ1) is 6.88. The van der Waals surface area contributed by atoms with E-state index in [9.17, 15) is 18.0 Å². The van der Waals surface area contributed by atoms with Crippen LogP contribution in [0.3, 0.4) is 0 Å². The molecule has 0 spiro atoms. The molecule has 2 amide bonds. The van der Waals surface area contributed by atoms with Gasteiger partial charge in [-0.1, -0.05) is 12.8 Å². The minimum atomic E-state index is -4.17. The normalized spacial score (nSPS) is 27.4. The molecule has 0 radical (unpaired) electrons. The first kappa shape index (κ1) is 12.1. The number of carbonyl (C=O) groups excluding carboxylic acids is 1. The van der Waals surface area contributed by atoms with Gasteiger partial charge >= 0.3 is 12.2 Å². The SMILES string of the molecule is NC(=O)N[C@H]1CCCC[C@H]1CC(F)(F)F. The standard InChI is InChI=1S/C9H15F3N2O/c10-9(11,12)5-6-3-1-2-4-7(6)14-8(13)15/h6-7H,1-5H2,(H3,13,14,15)/t6-,7-/m0/s1. The Morgan fingerprint density at radius 3 is 2.47 bits per heavy atom. The van der Waals surface area contributed by atoms with Crippen LogP contribution in [-0.4, -0.2) is 18.2 Å². The third-order valence-corrected chi connectivity index (χ3v) is 2.73. The molecule has 3 N–H and O–H groups in total. The molecule has 1 fully saturated rings. The molecule has 0 aromatic rings. The van der Waals surface area contributed by atoms with Gasteiger partial charge in [-0.15, -0.1) is 0 Å². The quantitative estimate of drug-likeness (QED) is 0.742. The van der Waals surface area contributed by atoms with Crippen molar-refractivity contribution in [3.8, 4) is 0 Å². The molecule has 0 aliphatic heterocycles. The van der Waals surface area contributed by atoms with Gasteiger partial charge in [-0.25, -0.2) is 4.79 Å². The van der Waals surface area contributed by atoms with Crippen LogP contribution in [0.2, 0.25) is 0 Å². The molecule has 6 heteroatoms. The van der Waals surface area contributed by atoms with Gasteiger partial charge in [0.15, 0.2) is 0 Å². The fourth-order valence-corrected chi connectivity index (χ4v) is 2.12. The summed E-state index contributed by atoms with van der Waals surface area (Å²) in [5, 5.41) is 2.39. The van der Waals surface area contributed by atoms with E-state index >= 15 is 0 Å². The maximum atomic E-state index is 12.2. The van der Waals surface area contributed by atoms with Crippen LogP contribution in [0.4, 0.5) is 18.0 Å². The lowest BCUT2D eigenvalue weighted by atomic mass is 9.82. The maximum absolute atomic E-state index is 12.2. The third-order valence-electron chi connectivity index (χ3n) is 2.73. The summed E-state index contributed by atoms with van der Waals surface area (Å²) in [6.07, 6.45) is -2.28. The monoisotopic (exact) mass is 224 g/mol. The van der Waals surface area contributed by atoms with E-state index in [-0.39, 0.29) is 0 Å². The van der Waals surface area contributed by atoms with Crippen molar-refractivity contribution in [1.82, 2.24) is 5.32 Å². The number of rotatable bonds is 2. The average Bonchev–Trinajstić information content (AvgIpc) is 2.05. The summed E-state index contributed by atoms with van der Waals surface area (Å²) in [5.41, 5.74) is 4.92. The first-order valence-electron chi connectivity index (χ1n) is 5.01. The van der Waals surface area contributed by atoms with Gasteiger partial charge in [0, 0.05) is 12.5 Å². The summed E-state index contributed by atoms with van der Waals surface area (Å²) in [4.78, 5) is 10.6. The molecule has 1 saturated carbocycles. The van der Waals surface area contributed by atoms with E-state index in [0.29, 0.717) is 12.8 Å². The number of nitrogens with two attached hydrogens (primary N) is 1. The molecular weight excluding hydrogens is 209 g/mol. The van der Waals surface area contributed by atoms with Crippen LogP contribution >= 0.6 is 0 Å². The van der Waals surface area contributed by atoms with Gasteiger partial charge in [0.2, 0.25) is 0 Å². The van der Waals surface area contributed by atoms with Gasteiger partial charge in [-0.05, 0) is 18.8 Å². The Bertz CT molecular complexity index is 230. The van der Waals surface area contributed by atoms with E-state index in [1.54, 1.807) is 0 Å². The number of nitrogens with one attached hydrogen (secondary N) is 1. The van der Waals surface area contributed by atoms with Crippen LogP contribution in [0.1, 0.15) is 32.1 Å². The van der Waals surface area contributed by atoms with Gasteiger partial charge < -0.3 is 11.1 Å². The number of amides is 2. The number of hydrogen-bond acceptors (Lipinski definition) is 1. The zero-order valence-electron chi connectivity index (χ0n) is 8.31. The topological polar surface area (TPSA) is 55.1 Å². The maximum Gasteiger partial charge on any atom is 0.389 e. The molecule has 88 valence electrons. The summed E-state index contributed by atoms with van der Waals surface area (Å²) >= 11 is 0. The van der Waals surface area contributed by atoms with Crippen molar-refractivity contribution in [2.24, 2.45) is 11.7 Å². The second-order valence-electron chi connectivity index (χ2n) is 3.98. The zero-order chi connectivity index (χ0) is 11.5. The number of primary amides is 1. The highest BCUT2D eigenvalue weighted by Gasteiger charge is 2.37. The summed E-state index contributed by atoms with van der Waals surface area (Å²) in [6.45, 7) is 0. The van der Waals surface area contributed by atoms with Gasteiger partial charge in [-0.2, -0.15) is 13.2 Å².